The van der Waals surface area contributed by atoms with Crippen molar-refractivity contribution in [2.24, 2.45) is 0 Å². The second-order valence-corrected chi connectivity index (χ2v) is 21.3. The minimum atomic E-state index is -0.755. The fourth-order valence-electron chi connectivity index (χ4n) is 10.8. The van der Waals surface area contributed by atoms with Crippen LogP contribution in [0.4, 0.5) is 5.82 Å². The number of ether oxygens (including phenoxy) is 2. The molecular weight excluding hydrogens is 829 g/mol. The van der Waals surface area contributed by atoms with Crippen molar-refractivity contribution in [2.45, 2.75) is 271 Å². The zero-order valence-electron chi connectivity index (χ0n) is 44.4. The maximum atomic E-state index is 13.4. The van der Waals surface area contributed by atoms with Crippen molar-refractivity contribution < 1.29 is 14.3 Å². The molecule has 0 bridgehead atoms. The molecule has 9 heteroatoms. The fraction of sp³-hybridized carbons (Fsp3) is 0.810. The van der Waals surface area contributed by atoms with Gasteiger partial charge in [-0.1, -0.05) is 180 Å². The molecule has 4 rings (SSSR count). The van der Waals surface area contributed by atoms with Crippen LogP contribution in [0.3, 0.4) is 0 Å². The Kier molecular flexibility index (Phi) is 28.6. The summed E-state index contributed by atoms with van der Waals surface area (Å²) in [7, 11) is 2.40. The topological polar surface area (TPSA) is 98.7 Å². The summed E-state index contributed by atoms with van der Waals surface area (Å²) >= 11 is 0. The number of benzene rings is 1. The number of hydrogen-bond acceptors (Lipinski definition) is 8. The number of fused-ring (bicyclic) bond motifs is 3. The molecule has 1 aliphatic carbocycles. The fourth-order valence-corrected chi connectivity index (χ4v) is 10.8. The number of nitrogens with two attached hydrogens (primary N) is 1. The molecule has 0 amide bonds. The first-order chi connectivity index (χ1) is 32.7. The van der Waals surface area contributed by atoms with E-state index in [9.17, 15) is 4.79 Å². The van der Waals surface area contributed by atoms with E-state index in [4.69, 9.17) is 20.2 Å². The van der Waals surface area contributed by atoms with Crippen LogP contribution in [0, 0.1) is 0 Å². The van der Waals surface area contributed by atoms with Crippen LogP contribution in [0.5, 0.6) is 0 Å². The molecule has 9 nitrogen and oxygen atoms in total. The predicted octanol–water partition coefficient (Wildman–Crippen LogP) is 15.5. The number of rotatable bonds is 40. The van der Waals surface area contributed by atoms with Crippen molar-refractivity contribution in [3.8, 4) is 0 Å². The Hall–Kier alpha value is -2.75. The average Bonchev–Trinajstić information content (AvgIpc) is 3.68. The van der Waals surface area contributed by atoms with Crippen LogP contribution < -0.4 is 5.73 Å². The zero-order valence-corrected chi connectivity index (χ0v) is 44.4. The van der Waals surface area contributed by atoms with Gasteiger partial charge in [0.2, 0.25) is 0 Å². The van der Waals surface area contributed by atoms with E-state index < -0.39 is 5.60 Å². The van der Waals surface area contributed by atoms with E-state index in [2.05, 4.69) is 46.3 Å². The summed E-state index contributed by atoms with van der Waals surface area (Å²) < 4.78 is 14.2. The lowest BCUT2D eigenvalue weighted by Crippen LogP contribution is -2.44. The van der Waals surface area contributed by atoms with Crippen molar-refractivity contribution in [3.63, 3.8) is 0 Å². The van der Waals surface area contributed by atoms with Crippen LogP contribution in [0.1, 0.15) is 246 Å². The van der Waals surface area contributed by atoms with Crippen LogP contribution in [0.15, 0.2) is 24.3 Å². The molecule has 2 heterocycles. The average molecular weight is 931 g/mol. The Morgan fingerprint density at radius 2 is 1.13 bits per heavy atom. The highest BCUT2D eigenvalue weighted by molar-refractivity contribution is 6.06. The lowest BCUT2D eigenvalue weighted by Gasteiger charge is -2.40. The maximum absolute atomic E-state index is 13.4. The number of carbonyl (C=O) groups is 1. The summed E-state index contributed by atoms with van der Waals surface area (Å²) in [4.78, 5) is 28.5. The normalized spacial score (nSPS) is 15.8. The molecule has 0 atom stereocenters. The van der Waals surface area contributed by atoms with Crippen molar-refractivity contribution >= 4 is 33.7 Å². The lowest BCUT2D eigenvalue weighted by atomic mass is 9.88. The second-order valence-electron chi connectivity index (χ2n) is 21.3. The SMILES string of the molecule is CCCCCCCCCCCCCCN(C)C1CCC(N(CCCCCCCCCCCCCC)CCCCCC(=O)OC(C)(C)Cn2c(COCC)nc3c(N)nc4ccccc4c32)CC1. The number of carbonyl (C=O) groups excluding carboxylic acids is 1. The molecule has 0 spiro atoms. The molecular formula is C58H102N6O3. The van der Waals surface area contributed by atoms with Crippen LogP contribution in [-0.4, -0.2) is 81.3 Å². The van der Waals surface area contributed by atoms with Gasteiger partial charge in [0.05, 0.1) is 17.6 Å². The molecule has 0 saturated heterocycles. The largest absolute Gasteiger partial charge is 0.458 e. The molecule has 0 unspecified atom stereocenters. The molecule has 1 fully saturated rings. The van der Waals surface area contributed by atoms with E-state index in [0.29, 0.717) is 43.6 Å². The molecule has 1 saturated carbocycles. The third-order valence-electron chi connectivity index (χ3n) is 14.8. The number of esters is 1. The van der Waals surface area contributed by atoms with Gasteiger partial charge in [-0.05, 0) is 105 Å². The summed E-state index contributed by atoms with van der Waals surface area (Å²) in [6.07, 6.45) is 42.5. The number of para-hydroxylation sites is 1. The second kappa shape index (κ2) is 33.7. The zero-order chi connectivity index (χ0) is 48.0. The highest BCUT2D eigenvalue weighted by Crippen LogP contribution is 2.32. The third kappa shape index (κ3) is 21.8. The standard InChI is InChI=1S/C58H102N6O3/c1-7-10-12-14-16-18-20-22-24-26-28-34-44-62(6)49-40-42-50(43-41-49)63(45-35-29-27-25-23-21-19-17-15-13-11-8-2)46-36-30-31-39-54(65)67-58(4,5)48-64-53(47-66-9-3)61-55-56(64)51-37-32-33-38-52(51)60-57(55)59/h32-33,37-38,49-50H,7-31,34-36,39-48H2,1-6H3,(H2,59,60). The number of nitrogen functional groups attached to an aromatic ring is 1. The van der Waals surface area contributed by atoms with Gasteiger partial charge in [0.25, 0.3) is 0 Å². The number of anilines is 1. The van der Waals surface area contributed by atoms with Gasteiger partial charge in [0, 0.05) is 30.5 Å². The van der Waals surface area contributed by atoms with Crippen molar-refractivity contribution in [1.29, 1.82) is 0 Å². The number of nitrogens with zero attached hydrogens (tertiary/aromatic N) is 5. The summed E-state index contributed by atoms with van der Waals surface area (Å²) in [5.74, 6) is 1.02. The van der Waals surface area contributed by atoms with Gasteiger partial charge in [-0.3, -0.25) is 4.79 Å². The first-order valence-electron chi connectivity index (χ1n) is 28.4. The molecule has 1 aromatic carbocycles. The number of hydrogen-bond donors (Lipinski definition) is 1. The van der Waals surface area contributed by atoms with Gasteiger partial charge in [-0.15, -0.1) is 0 Å². The van der Waals surface area contributed by atoms with Crippen molar-refractivity contribution in [3.05, 3.63) is 30.1 Å². The minimum Gasteiger partial charge on any atom is -0.458 e. The molecule has 2 N–H and O–H groups in total. The van der Waals surface area contributed by atoms with Gasteiger partial charge in [0.1, 0.15) is 23.5 Å². The Morgan fingerprint density at radius 3 is 1.67 bits per heavy atom. The van der Waals surface area contributed by atoms with Gasteiger partial charge >= 0.3 is 5.97 Å². The number of pyridine rings is 1. The highest BCUT2D eigenvalue weighted by Gasteiger charge is 2.29. The van der Waals surface area contributed by atoms with E-state index in [1.54, 1.807) is 0 Å². The van der Waals surface area contributed by atoms with E-state index in [0.717, 1.165) is 54.1 Å². The van der Waals surface area contributed by atoms with Gasteiger partial charge in [-0.25, -0.2) is 9.97 Å². The van der Waals surface area contributed by atoms with Crippen LogP contribution in [0.25, 0.3) is 21.9 Å². The summed E-state index contributed by atoms with van der Waals surface area (Å²) in [5.41, 5.74) is 8.06. The first-order valence-corrected chi connectivity index (χ1v) is 28.4. The Morgan fingerprint density at radius 1 is 0.657 bits per heavy atom. The third-order valence-corrected chi connectivity index (χ3v) is 14.8. The van der Waals surface area contributed by atoms with Crippen LogP contribution >= 0.6 is 0 Å². The molecule has 1 aliphatic rings. The van der Waals surface area contributed by atoms with Crippen LogP contribution in [-0.2, 0) is 27.4 Å². The molecule has 0 aliphatic heterocycles. The van der Waals surface area contributed by atoms with Crippen molar-refractivity contribution in [2.75, 3.05) is 39.0 Å². The molecule has 2 aromatic heterocycles. The molecule has 67 heavy (non-hydrogen) atoms. The minimum absolute atomic E-state index is 0.133. The predicted molar refractivity (Wildman–Crippen MR) is 286 cm³/mol. The van der Waals surface area contributed by atoms with Gasteiger partial charge in [0.15, 0.2) is 5.82 Å². The maximum Gasteiger partial charge on any atom is 0.306 e. The van der Waals surface area contributed by atoms with E-state index in [1.165, 1.54) is 193 Å². The van der Waals surface area contributed by atoms with Crippen LogP contribution in [0.2, 0.25) is 0 Å². The quantitative estimate of drug-likeness (QED) is 0.0445. The lowest BCUT2D eigenvalue weighted by molar-refractivity contribution is -0.157. The first kappa shape index (κ1) is 56.8. The Bertz CT molecular complexity index is 1730. The summed E-state index contributed by atoms with van der Waals surface area (Å²) in [6.45, 7) is 15.6. The Labute approximate surface area is 410 Å². The summed E-state index contributed by atoms with van der Waals surface area (Å²) in [5, 5.41) is 0.974. The van der Waals surface area contributed by atoms with E-state index in [1.807, 2.05) is 39.0 Å². The highest BCUT2D eigenvalue weighted by atomic mass is 16.6. The Balaban J connectivity index is 1.20. The smallest absolute Gasteiger partial charge is 0.306 e. The summed E-state index contributed by atoms with van der Waals surface area (Å²) in [6, 6.07) is 9.44. The number of unbranched alkanes of at least 4 members (excludes halogenated alkanes) is 24. The van der Waals surface area contributed by atoms with Crippen molar-refractivity contribution in [1.82, 2.24) is 24.3 Å². The molecule has 3 aromatic rings. The van der Waals surface area contributed by atoms with E-state index in [-0.39, 0.29) is 5.97 Å². The van der Waals surface area contributed by atoms with Gasteiger partial charge in [-0.2, -0.15) is 0 Å². The monoisotopic (exact) mass is 931 g/mol. The number of imidazole rings is 1. The molecule has 382 valence electrons. The van der Waals surface area contributed by atoms with Gasteiger partial charge < -0.3 is 29.6 Å². The number of aromatic nitrogens is 3. The van der Waals surface area contributed by atoms with E-state index >= 15 is 0 Å². The molecule has 0 radical (unpaired) electrons.